The molecule has 0 fully saturated rings. The van der Waals surface area contributed by atoms with E-state index in [4.69, 9.17) is 4.74 Å². The minimum Gasteiger partial charge on any atom is -0.505 e. The van der Waals surface area contributed by atoms with Crippen LogP contribution in [0.25, 0.3) is 10.9 Å². The molecule has 0 atom stereocenters. The third-order valence-corrected chi connectivity index (χ3v) is 4.62. The van der Waals surface area contributed by atoms with Crippen molar-refractivity contribution in [3.8, 4) is 11.5 Å². The number of esters is 1. The van der Waals surface area contributed by atoms with Gasteiger partial charge >= 0.3 is 12.6 Å². The van der Waals surface area contributed by atoms with Crippen LogP contribution in [0, 0.1) is 12.7 Å². The molecule has 0 amide bonds. The van der Waals surface area contributed by atoms with Gasteiger partial charge in [0.1, 0.15) is 5.75 Å². The predicted octanol–water partition coefficient (Wildman–Crippen LogP) is 4.58. The van der Waals surface area contributed by atoms with Crippen molar-refractivity contribution < 1.29 is 37.3 Å². The fourth-order valence-corrected chi connectivity index (χ4v) is 3.33. The zero-order valence-electron chi connectivity index (χ0n) is 17.0. The first-order valence-corrected chi connectivity index (χ1v) is 9.40. The highest BCUT2D eigenvalue weighted by molar-refractivity contribution is 6.05. The van der Waals surface area contributed by atoms with Gasteiger partial charge in [-0.25, -0.2) is 4.39 Å². The lowest BCUT2D eigenvalue weighted by molar-refractivity contribution is -0.146. The van der Waals surface area contributed by atoms with Crippen molar-refractivity contribution in [3.05, 3.63) is 59.0 Å². The first-order valence-electron chi connectivity index (χ1n) is 9.40. The number of phenolic OH excluding ortho intramolecular Hbond substituents is 1. The number of hydrogen-bond donors (Lipinski definition) is 1. The number of nitrogens with zero attached hydrogens (tertiary/aromatic N) is 1. The summed E-state index contributed by atoms with van der Waals surface area (Å²) in [6, 6.07) is 7.19. The summed E-state index contributed by atoms with van der Waals surface area (Å²) in [6.45, 7) is 1.97. The maximum atomic E-state index is 14.1. The Morgan fingerprint density at radius 3 is 2.35 bits per heavy atom. The van der Waals surface area contributed by atoms with Crippen molar-refractivity contribution in [1.82, 2.24) is 4.57 Å². The molecule has 6 nitrogen and oxygen atoms in total. The summed E-state index contributed by atoms with van der Waals surface area (Å²) in [5.41, 5.74) is 1.05. The molecule has 31 heavy (non-hydrogen) atoms. The number of aromatic hydroxyl groups is 1. The summed E-state index contributed by atoms with van der Waals surface area (Å²) in [6.07, 6.45) is -0.532. The van der Waals surface area contributed by atoms with Gasteiger partial charge < -0.3 is 14.6 Å². The zero-order chi connectivity index (χ0) is 22.9. The van der Waals surface area contributed by atoms with Gasteiger partial charge in [0.15, 0.2) is 11.6 Å². The number of benzene rings is 2. The highest BCUT2D eigenvalue weighted by Gasteiger charge is 2.24. The third-order valence-electron chi connectivity index (χ3n) is 4.62. The number of carbonyl (C=O) groups is 2. The number of phenols is 1. The van der Waals surface area contributed by atoms with Crippen LogP contribution in [-0.2, 0) is 16.0 Å². The molecule has 9 heteroatoms. The van der Waals surface area contributed by atoms with Crippen LogP contribution in [0.5, 0.6) is 11.5 Å². The second-order valence-corrected chi connectivity index (χ2v) is 7.14. The van der Waals surface area contributed by atoms with Crippen molar-refractivity contribution >= 4 is 22.8 Å². The van der Waals surface area contributed by atoms with E-state index in [0.717, 1.165) is 12.1 Å². The maximum absolute atomic E-state index is 14.1. The highest BCUT2D eigenvalue weighted by atomic mass is 19.3. The average Bonchev–Trinajstić information content (AvgIpc) is 2.92. The van der Waals surface area contributed by atoms with E-state index in [1.54, 1.807) is 20.8 Å². The second-order valence-electron chi connectivity index (χ2n) is 7.14. The topological polar surface area (TPSA) is 77.8 Å². The van der Waals surface area contributed by atoms with Crippen LogP contribution in [0.15, 0.2) is 36.4 Å². The molecule has 164 valence electrons. The first kappa shape index (κ1) is 22.2. The molecule has 3 aromatic rings. The van der Waals surface area contributed by atoms with Gasteiger partial charge in [-0.3, -0.25) is 14.2 Å². The number of fused-ring (bicyclic) bond motifs is 1. The van der Waals surface area contributed by atoms with Gasteiger partial charge in [0.2, 0.25) is 0 Å². The summed E-state index contributed by atoms with van der Waals surface area (Å²) in [5, 5.41) is 10.1. The van der Waals surface area contributed by atoms with E-state index in [1.165, 1.54) is 28.8 Å². The Labute approximate surface area is 175 Å². The smallest absolute Gasteiger partial charge is 0.387 e. The van der Waals surface area contributed by atoms with Gasteiger partial charge in [0.25, 0.3) is 5.91 Å². The Kier molecular flexibility index (Phi) is 6.24. The first-order chi connectivity index (χ1) is 14.6. The lowest BCUT2D eigenvalue weighted by Crippen LogP contribution is -2.16. The molecule has 1 aromatic heterocycles. The average molecular weight is 435 g/mol. The quantitative estimate of drug-likeness (QED) is 0.574. The third kappa shape index (κ3) is 4.65. The van der Waals surface area contributed by atoms with Crippen LogP contribution >= 0.6 is 0 Å². The summed E-state index contributed by atoms with van der Waals surface area (Å²) in [5.74, 6) is -2.78. The number of ether oxygens (including phenoxy) is 2. The van der Waals surface area contributed by atoms with Gasteiger partial charge in [-0.05, 0) is 56.7 Å². The maximum Gasteiger partial charge on any atom is 0.387 e. The minimum absolute atomic E-state index is 0.117. The van der Waals surface area contributed by atoms with E-state index in [-0.39, 0.29) is 29.4 Å². The van der Waals surface area contributed by atoms with Crippen LogP contribution in [0.2, 0.25) is 0 Å². The monoisotopic (exact) mass is 435 g/mol. The van der Waals surface area contributed by atoms with E-state index in [0.29, 0.717) is 16.6 Å². The molecule has 3 rings (SSSR count). The van der Waals surface area contributed by atoms with E-state index in [2.05, 4.69) is 4.74 Å². The largest absolute Gasteiger partial charge is 0.505 e. The molecule has 0 aliphatic rings. The Balaban J connectivity index is 2.09. The summed E-state index contributed by atoms with van der Waals surface area (Å²) in [4.78, 5) is 25.4. The molecule has 0 bridgehead atoms. The van der Waals surface area contributed by atoms with Crippen LogP contribution in [-0.4, -0.2) is 34.3 Å². The van der Waals surface area contributed by atoms with Gasteiger partial charge in [0, 0.05) is 22.7 Å². The van der Waals surface area contributed by atoms with Crippen LogP contribution in [0.4, 0.5) is 13.2 Å². The SMILES string of the molecule is Cc1c(CC(=O)OC(C)C)c2cc(O)c(F)cc2n1C(=O)c1ccc(OC(F)F)cc1. The molecular formula is C22H20F3NO5. The number of rotatable bonds is 6. The zero-order valence-corrected chi connectivity index (χ0v) is 17.0. The molecule has 0 aliphatic heterocycles. The fraction of sp³-hybridized carbons (Fsp3) is 0.273. The van der Waals surface area contributed by atoms with Crippen molar-refractivity contribution in [2.24, 2.45) is 0 Å². The van der Waals surface area contributed by atoms with E-state index in [1.807, 2.05) is 0 Å². The molecule has 1 heterocycles. The highest BCUT2D eigenvalue weighted by Crippen LogP contribution is 2.32. The normalized spacial score (nSPS) is 11.4. The molecule has 0 saturated carbocycles. The van der Waals surface area contributed by atoms with Gasteiger partial charge in [-0.1, -0.05) is 0 Å². The van der Waals surface area contributed by atoms with E-state index < -0.39 is 30.1 Å². The lowest BCUT2D eigenvalue weighted by Gasteiger charge is -2.10. The Morgan fingerprint density at radius 1 is 1.13 bits per heavy atom. The molecule has 0 spiro atoms. The number of aromatic nitrogens is 1. The Hall–Kier alpha value is -3.49. The molecule has 1 N–H and O–H groups in total. The Morgan fingerprint density at radius 2 is 1.77 bits per heavy atom. The van der Waals surface area contributed by atoms with Gasteiger partial charge in [0.05, 0.1) is 18.0 Å². The molecule has 0 radical (unpaired) electrons. The van der Waals surface area contributed by atoms with Crippen molar-refractivity contribution in [2.45, 2.75) is 39.9 Å². The Bertz CT molecular complexity index is 1140. The van der Waals surface area contributed by atoms with E-state index in [9.17, 15) is 27.9 Å². The standard InChI is InChI=1S/C22H20F3NO5/c1-11(2)30-20(28)9-15-12(3)26(18-10-17(23)19(27)8-16(15)18)21(29)13-4-6-14(7-5-13)31-22(24)25/h4-8,10-11,22,27H,9H2,1-3H3. The van der Waals surface area contributed by atoms with E-state index >= 15 is 0 Å². The van der Waals surface area contributed by atoms with Crippen molar-refractivity contribution in [2.75, 3.05) is 0 Å². The lowest BCUT2D eigenvalue weighted by atomic mass is 10.1. The molecule has 0 aliphatic carbocycles. The molecule has 2 aromatic carbocycles. The second kappa shape index (κ2) is 8.71. The minimum atomic E-state index is -3.00. The van der Waals surface area contributed by atoms with Gasteiger partial charge in [-0.2, -0.15) is 8.78 Å². The number of hydrogen-bond acceptors (Lipinski definition) is 5. The molecule has 0 unspecified atom stereocenters. The van der Waals surface area contributed by atoms with Crippen LogP contribution in [0.1, 0.15) is 35.5 Å². The summed E-state index contributed by atoms with van der Waals surface area (Å²) in [7, 11) is 0. The van der Waals surface area contributed by atoms with Gasteiger partial charge in [-0.15, -0.1) is 0 Å². The fourth-order valence-electron chi connectivity index (χ4n) is 3.33. The number of carbonyl (C=O) groups excluding carboxylic acids is 2. The molecule has 0 saturated heterocycles. The summed E-state index contributed by atoms with van der Waals surface area (Å²) >= 11 is 0. The summed E-state index contributed by atoms with van der Waals surface area (Å²) < 4.78 is 49.4. The van der Waals surface area contributed by atoms with Crippen LogP contribution in [0.3, 0.4) is 0 Å². The number of alkyl halides is 2. The number of halogens is 3. The predicted molar refractivity (Wildman–Crippen MR) is 106 cm³/mol. The van der Waals surface area contributed by atoms with Crippen LogP contribution < -0.4 is 4.74 Å². The molecular weight excluding hydrogens is 415 g/mol. The van der Waals surface area contributed by atoms with Crippen molar-refractivity contribution in [1.29, 1.82) is 0 Å². The van der Waals surface area contributed by atoms with Crippen molar-refractivity contribution in [3.63, 3.8) is 0 Å².